The van der Waals surface area contributed by atoms with E-state index < -0.39 is 6.08 Å². The summed E-state index contributed by atoms with van der Waals surface area (Å²) in [6, 6.07) is 3.94. The monoisotopic (exact) mass is 331 g/mol. The molecule has 0 spiro atoms. The maximum absolute atomic E-state index is 13.9. The highest BCUT2D eigenvalue weighted by atomic mass is 19.1. The van der Waals surface area contributed by atoms with E-state index in [-0.39, 0.29) is 23.5 Å². The van der Waals surface area contributed by atoms with Gasteiger partial charge in [0.15, 0.2) is 17.0 Å². The Balaban J connectivity index is 1.77. The van der Waals surface area contributed by atoms with Crippen molar-refractivity contribution in [3.05, 3.63) is 30.6 Å². The van der Waals surface area contributed by atoms with Gasteiger partial charge < -0.3 is 20.3 Å². The fourth-order valence-corrected chi connectivity index (χ4v) is 2.77. The summed E-state index contributed by atoms with van der Waals surface area (Å²) in [7, 11) is 0. The van der Waals surface area contributed by atoms with Crippen molar-refractivity contribution in [1.82, 2.24) is 19.5 Å². The van der Waals surface area contributed by atoms with Crippen molar-refractivity contribution in [2.45, 2.75) is 19.1 Å². The van der Waals surface area contributed by atoms with Crippen molar-refractivity contribution in [2.24, 2.45) is 0 Å². The SMILES string of the molecule is Oc1cc(O)cc(Nc2nc(F)nc3c2ncn3C2CCCO2)c1. The molecule has 2 aromatic heterocycles. The maximum atomic E-state index is 13.9. The number of anilines is 2. The molecule has 3 N–H and O–H groups in total. The number of nitrogens with zero attached hydrogens (tertiary/aromatic N) is 4. The Morgan fingerprint density at radius 1 is 1.21 bits per heavy atom. The molecule has 1 aliphatic rings. The van der Waals surface area contributed by atoms with Gasteiger partial charge in [0, 0.05) is 30.5 Å². The second-order valence-corrected chi connectivity index (χ2v) is 5.50. The van der Waals surface area contributed by atoms with Crippen molar-refractivity contribution in [1.29, 1.82) is 0 Å². The minimum atomic E-state index is -0.908. The van der Waals surface area contributed by atoms with Crippen LogP contribution in [0.5, 0.6) is 11.5 Å². The molecule has 0 radical (unpaired) electrons. The molecule has 1 unspecified atom stereocenters. The number of rotatable bonds is 3. The van der Waals surface area contributed by atoms with Gasteiger partial charge in [-0.05, 0) is 12.8 Å². The molecule has 3 heterocycles. The lowest BCUT2D eigenvalue weighted by Gasteiger charge is -2.12. The minimum absolute atomic E-state index is 0.131. The number of nitrogens with one attached hydrogen (secondary N) is 1. The van der Waals surface area contributed by atoms with Gasteiger partial charge in [0.25, 0.3) is 0 Å². The molecule has 8 nitrogen and oxygen atoms in total. The third-order valence-corrected chi connectivity index (χ3v) is 3.78. The van der Waals surface area contributed by atoms with Gasteiger partial charge in [-0.2, -0.15) is 14.4 Å². The second kappa shape index (κ2) is 5.60. The maximum Gasteiger partial charge on any atom is 0.312 e. The zero-order valence-corrected chi connectivity index (χ0v) is 12.5. The number of phenolic OH excluding ortho intramolecular Hbond substituents is 2. The normalized spacial score (nSPS) is 17.5. The average molecular weight is 331 g/mol. The van der Waals surface area contributed by atoms with E-state index in [4.69, 9.17) is 4.74 Å². The first-order valence-corrected chi connectivity index (χ1v) is 7.42. The van der Waals surface area contributed by atoms with Crippen LogP contribution in [0.4, 0.5) is 15.9 Å². The molecule has 0 bridgehead atoms. The number of halogens is 1. The van der Waals surface area contributed by atoms with Crippen LogP contribution in [0.25, 0.3) is 11.2 Å². The summed E-state index contributed by atoms with van der Waals surface area (Å²) < 4.78 is 21.1. The predicted molar refractivity (Wildman–Crippen MR) is 82.6 cm³/mol. The van der Waals surface area contributed by atoms with Crippen LogP contribution in [0.15, 0.2) is 24.5 Å². The summed E-state index contributed by atoms with van der Waals surface area (Å²) in [6.07, 6.45) is 2.14. The number of ether oxygens (including phenoxy) is 1. The summed E-state index contributed by atoms with van der Waals surface area (Å²) in [5.74, 6) is -0.124. The third kappa shape index (κ3) is 2.58. The van der Waals surface area contributed by atoms with Crippen LogP contribution in [0.2, 0.25) is 0 Å². The van der Waals surface area contributed by atoms with Crippen molar-refractivity contribution in [2.75, 3.05) is 11.9 Å². The zero-order valence-electron chi connectivity index (χ0n) is 12.5. The molecule has 0 saturated carbocycles. The van der Waals surface area contributed by atoms with Crippen molar-refractivity contribution < 1.29 is 19.3 Å². The highest BCUT2D eigenvalue weighted by Gasteiger charge is 2.22. The number of hydrogen-bond donors (Lipinski definition) is 3. The Bertz CT molecular complexity index is 887. The number of aromatic hydroxyl groups is 2. The van der Waals surface area contributed by atoms with Crippen LogP contribution in [0.1, 0.15) is 19.1 Å². The van der Waals surface area contributed by atoms with E-state index in [0.29, 0.717) is 23.5 Å². The van der Waals surface area contributed by atoms with Gasteiger partial charge in [-0.1, -0.05) is 0 Å². The van der Waals surface area contributed by atoms with Gasteiger partial charge >= 0.3 is 6.08 Å². The minimum Gasteiger partial charge on any atom is -0.508 e. The van der Waals surface area contributed by atoms with E-state index in [0.717, 1.165) is 12.8 Å². The molecule has 1 aromatic carbocycles. The standard InChI is InChI=1S/C15H14FN5O3/c16-15-19-13(18-8-4-9(22)6-10(23)5-8)12-14(20-15)21(7-17-12)11-2-1-3-24-11/h4-7,11,22-23H,1-3H2,(H,18,19,20). The molecule has 3 aromatic rings. The van der Waals surface area contributed by atoms with Crippen LogP contribution in [0, 0.1) is 6.08 Å². The second-order valence-electron chi connectivity index (χ2n) is 5.50. The van der Waals surface area contributed by atoms with Crippen molar-refractivity contribution >= 4 is 22.7 Å². The highest BCUT2D eigenvalue weighted by molar-refractivity contribution is 5.85. The fraction of sp³-hybridized carbons (Fsp3) is 0.267. The van der Waals surface area contributed by atoms with Crippen LogP contribution < -0.4 is 5.32 Å². The highest BCUT2D eigenvalue weighted by Crippen LogP contribution is 2.31. The predicted octanol–water partition coefficient (Wildman–Crippen LogP) is 2.43. The number of aromatic nitrogens is 4. The van der Waals surface area contributed by atoms with Gasteiger partial charge in [-0.15, -0.1) is 0 Å². The summed E-state index contributed by atoms with van der Waals surface area (Å²) in [5, 5.41) is 21.9. The Hall–Kier alpha value is -2.94. The molecular weight excluding hydrogens is 317 g/mol. The van der Waals surface area contributed by atoms with Gasteiger partial charge in [-0.3, -0.25) is 4.57 Å². The van der Waals surface area contributed by atoms with E-state index >= 15 is 0 Å². The molecule has 124 valence electrons. The van der Waals surface area contributed by atoms with Crippen LogP contribution >= 0.6 is 0 Å². The molecule has 0 amide bonds. The molecular formula is C15H14FN5O3. The van der Waals surface area contributed by atoms with Gasteiger partial charge in [0.2, 0.25) is 0 Å². The number of fused-ring (bicyclic) bond motifs is 1. The molecule has 1 saturated heterocycles. The van der Waals surface area contributed by atoms with Crippen molar-refractivity contribution in [3.63, 3.8) is 0 Å². The molecule has 0 aliphatic carbocycles. The molecule has 4 rings (SSSR count). The lowest BCUT2D eigenvalue weighted by atomic mass is 10.2. The number of phenols is 2. The van der Waals surface area contributed by atoms with E-state index in [1.165, 1.54) is 18.2 Å². The summed E-state index contributed by atoms with van der Waals surface area (Å²) >= 11 is 0. The van der Waals surface area contributed by atoms with Gasteiger partial charge in [0.1, 0.15) is 17.7 Å². The Kier molecular flexibility index (Phi) is 3.42. The summed E-state index contributed by atoms with van der Waals surface area (Å²) in [4.78, 5) is 11.8. The molecule has 1 fully saturated rings. The lowest BCUT2D eigenvalue weighted by molar-refractivity contribution is 0.0592. The molecule has 9 heteroatoms. The van der Waals surface area contributed by atoms with E-state index in [1.807, 2.05) is 0 Å². The Morgan fingerprint density at radius 2 is 2.00 bits per heavy atom. The quantitative estimate of drug-likeness (QED) is 0.633. The molecule has 1 aliphatic heterocycles. The number of imidazole rings is 1. The molecule has 1 atom stereocenters. The first-order valence-electron chi connectivity index (χ1n) is 7.42. The average Bonchev–Trinajstić information content (AvgIpc) is 3.14. The number of benzene rings is 1. The first-order chi connectivity index (χ1) is 11.6. The van der Waals surface area contributed by atoms with Crippen molar-refractivity contribution in [3.8, 4) is 11.5 Å². The Labute approximate surface area is 135 Å². The Morgan fingerprint density at radius 3 is 2.71 bits per heavy atom. The lowest BCUT2D eigenvalue weighted by Crippen LogP contribution is -2.08. The van der Waals surface area contributed by atoms with Crippen LogP contribution in [-0.2, 0) is 4.74 Å². The number of hydrogen-bond acceptors (Lipinski definition) is 7. The molecule has 24 heavy (non-hydrogen) atoms. The fourth-order valence-electron chi connectivity index (χ4n) is 2.77. The van der Waals surface area contributed by atoms with Crippen LogP contribution in [-0.4, -0.2) is 36.3 Å². The summed E-state index contributed by atoms with van der Waals surface area (Å²) in [6.45, 7) is 0.644. The largest absolute Gasteiger partial charge is 0.508 e. The smallest absolute Gasteiger partial charge is 0.312 e. The van der Waals surface area contributed by atoms with E-state index in [9.17, 15) is 14.6 Å². The van der Waals surface area contributed by atoms with Crippen LogP contribution in [0.3, 0.4) is 0 Å². The van der Waals surface area contributed by atoms with Gasteiger partial charge in [0.05, 0.1) is 6.33 Å². The topological polar surface area (TPSA) is 105 Å². The summed E-state index contributed by atoms with van der Waals surface area (Å²) in [5.41, 5.74) is 1.04. The van der Waals surface area contributed by atoms with E-state index in [2.05, 4.69) is 20.3 Å². The zero-order chi connectivity index (χ0) is 16.7. The van der Waals surface area contributed by atoms with E-state index in [1.54, 1.807) is 10.9 Å². The third-order valence-electron chi connectivity index (χ3n) is 3.78. The van der Waals surface area contributed by atoms with Gasteiger partial charge in [-0.25, -0.2) is 4.98 Å². The first kappa shape index (κ1) is 14.6.